The van der Waals surface area contributed by atoms with Gasteiger partial charge in [-0.3, -0.25) is 9.59 Å². The fourth-order valence-corrected chi connectivity index (χ4v) is 4.44. The minimum atomic E-state index is -0.618. The number of carbonyl (C=O) groups is 2. The van der Waals surface area contributed by atoms with Crippen LogP contribution in [0, 0.1) is 6.92 Å². The second-order valence-corrected chi connectivity index (χ2v) is 9.50. The van der Waals surface area contributed by atoms with Gasteiger partial charge in [-0.15, -0.1) is 11.8 Å². The molecule has 0 aliphatic carbocycles. The van der Waals surface area contributed by atoms with Gasteiger partial charge in [0.2, 0.25) is 11.8 Å². The van der Waals surface area contributed by atoms with Crippen LogP contribution in [0.2, 0.25) is 10.0 Å². The molecule has 0 heterocycles. The van der Waals surface area contributed by atoms with E-state index in [0.717, 1.165) is 17.7 Å². The third kappa shape index (κ3) is 7.74. The quantitative estimate of drug-likeness (QED) is 0.462. The Morgan fingerprint density at radius 2 is 1.81 bits per heavy atom. The van der Waals surface area contributed by atoms with Crippen LogP contribution >= 0.6 is 35.0 Å². The molecule has 0 radical (unpaired) electrons. The van der Waals surface area contributed by atoms with E-state index in [4.69, 9.17) is 23.2 Å². The van der Waals surface area contributed by atoms with Gasteiger partial charge in [-0.2, -0.15) is 0 Å². The Balaban J connectivity index is 2.14. The van der Waals surface area contributed by atoms with E-state index in [9.17, 15) is 9.59 Å². The van der Waals surface area contributed by atoms with E-state index in [1.807, 2.05) is 26.0 Å². The Morgan fingerprint density at radius 1 is 1.10 bits per heavy atom. The molecule has 1 N–H and O–H groups in total. The fourth-order valence-electron chi connectivity index (χ4n) is 2.98. The summed E-state index contributed by atoms with van der Waals surface area (Å²) in [7, 11) is 0. The molecule has 0 aromatic heterocycles. The van der Waals surface area contributed by atoms with Crippen molar-refractivity contribution in [3.8, 4) is 0 Å². The molecular weight excluding hydrogens is 451 g/mol. The van der Waals surface area contributed by atoms with Crippen LogP contribution in [-0.4, -0.2) is 34.6 Å². The van der Waals surface area contributed by atoms with E-state index in [1.165, 1.54) is 11.1 Å². The summed E-state index contributed by atoms with van der Waals surface area (Å²) in [6.07, 6.45) is 0.821. The molecule has 2 atom stereocenters. The molecule has 0 spiro atoms. The van der Waals surface area contributed by atoms with E-state index in [1.54, 1.807) is 41.8 Å². The van der Waals surface area contributed by atoms with Crippen LogP contribution in [0.1, 0.15) is 43.9 Å². The lowest BCUT2D eigenvalue weighted by atomic mass is 10.1. The summed E-state index contributed by atoms with van der Waals surface area (Å²) in [5, 5.41) is 3.98. The summed E-state index contributed by atoms with van der Waals surface area (Å²) in [6, 6.07) is 12.7. The molecule has 0 saturated carbocycles. The van der Waals surface area contributed by atoms with Crippen LogP contribution in [0.15, 0.2) is 42.5 Å². The highest BCUT2D eigenvalue weighted by atomic mass is 35.5. The van der Waals surface area contributed by atoms with Gasteiger partial charge >= 0.3 is 0 Å². The molecule has 2 amide bonds. The van der Waals surface area contributed by atoms with Gasteiger partial charge < -0.3 is 10.2 Å². The lowest BCUT2D eigenvalue weighted by Gasteiger charge is -2.30. The standard InChI is InChI=1S/C24H30Cl2N2O2S/c1-5-17(3)27-24(30)18(4)28(13-19-10-11-21(25)12-22(19)26)23(29)15-31-14-20-9-7-6-8-16(20)2/h6-12,17-18H,5,13-15H2,1-4H3,(H,27,30)/t17-,18+/m1/s1. The van der Waals surface area contributed by atoms with Crippen LogP contribution in [0.25, 0.3) is 0 Å². The topological polar surface area (TPSA) is 49.4 Å². The number of carbonyl (C=O) groups excluding carboxylic acids is 2. The Bertz CT molecular complexity index is 907. The minimum absolute atomic E-state index is 0.0430. The van der Waals surface area contributed by atoms with Crippen LogP contribution in [0.3, 0.4) is 0 Å². The number of benzene rings is 2. The predicted octanol–water partition coefficient (Wildman–Crippen LogP) is 5.87. The van der Waals surface area contributed by atoms with Crippen LogP contribution in [0.5, 0.6) is 0 Å². The van der Waals surface area contributed by atoms with Crippen molar-refractivity contribution in [2.24, 2.45) is 0 Å². The van der Waals surface area contributed by atoms with Gasteiger partial charge in [0, 0.05) is 28.4 Å². The maximum Gasteiger partial charge on any atom is 0.242 e. The number of nitrogens with zero attached hydrogens (tertiary/aromatic N) is 1. The van der Waals surface area contributed by atoms with Gasteiger partial charge in [0.05, 0.1) is 5.75 Å². The largest absolute Gasteiger partial charge is 0.352 e. The average molecular weight is 481 g/mol. The molecule has 2 rings (SSSR count). The second-order valence-electron chi connectivity index (χ2n) is 7.67. The number of hydrogen-bond donors (Lipinski definition) is 1. The summed E-state index contributed by atoms with van der Waals surface area (Å²) in [5.41, 5.74) is 3.16. The first-order chi connectivity index (χ1) is 14.7. The van der Waals surface area contributed by atoms with E-state index in [-0.39, 0.29) is 30.2 Å². The molecular formula is C24H30Cl2N2O2S. The number of hydrogen-bond acceptors (Lipinski definition) is 3. The molecule has 0 saturated heterocycles. The van der Waals surface area contributed by atoms with Gasteiger partial charge in [0.25, 0.3) is 0 Å². The number of halogens is 2. The Labute approximate surface area is 199 Å². The fraction of sp³-hybridized carbons (Fsp3) is 0.417. The SMILES string of the molecule is CC[C@@H](C)NC(=O)[C@H](C)N(Cc1ccc(Cl)cc1Cl)C(=O)CSCc1ccccc1C. The van der Waals surface area contributed by atoms with Crippen molar-refractivity contribution in [2.75, 3.05) is 5.75 Å². The summed E-state index contributed by atoms with van der Waals surface area (Å²) in [6.45, 7) is 8.02. The Kier molecular flexibility index (Phi) is 10.2. The monoisotopic (exact) mass is 480 g/mol. The second kappa shape index (κ2) is 12.4. The molecule has 31 heavy (non-hydrogen) atoms. The summed E-state index contributed by atoms with van der Waals surface area (Å²) >= 11 is 13.9. The lowest BCUT2D eigenvalue weighted by Crippen LogP contribution is -2.50. The highest BCUT2D eigenvalue weighted by Gasteiger charge is 2.27. The van der Waals surface area contributed by atoms with Gasteiger partial charge in [0.15, 0.2) is 0 Å². The van der Waals surface area contributed by atoms with Gasteiger partial charge in [0.1, 0.15) is 6.04 Å². The van der Waals surface area contributed by atoms with Crippen molar-refractivity contribution in [2.45, 2.75) is 58.5 Å². The molecule has 0 aliphatic heterocycles. The minimum Gasteiger partial charge on any atom is -0.352 e. The number of nitrogens with one attached hydrogen (secondary N) is 1. The van der Waals surface area contributed by atoms with Crippen molar-refractivity contribution >= 4 is 46.8 Å². The smallest absolute Gasteiger partial charge is 0.242 e. The normalized spacial score (nSPS) is 12.8. The maximum atomic E-state index is 13.2. The third-order valence-corrected chi connectivity index (χ3v) is 6.82. The maximum absolute atomic E-state index is 13.2. The Morgan fingerprint density at radius 3 is 2.45 bits per heavy atom. The molecule has 2 aromatic rings. The van der Waals surface area contributed by atoms with Gasteiger partial charge in [-0.25, -0.2) is 0 Å². The van der Waals surface area contributed by atoms with Gasteiger partial charge in [-0.1, -0.05) is 60.5 Å². The molecule has 7 heteroatoms. The first-order valence-electron chi connectivity index (χ1n) is 10.4. The zero-order chi connectivity index (χ0) is 23.0. The van der Waals surface area contributed by atoms with Crippen molar-refractivity contribution in [3.63, 3.8) is 0 Å². The highest BCUT2D eigenvalue weighted by molar-refractivity contribution is 7.99. The van der Waals surface area contributed by atoms with E-state index in [0.29, 0.717) is 10.0 Å². The third-order valence-electron chi connectivity index (χ3n) is 5.27. The van der Waals surface area contributed by atoms with Gasteiger partial charge in [-0.05, 0) is 56.0 Å². The molecule has 4 nitrogen and oxygen atoms in total. The number of amides is 2. The van der Waals surface area contributed by atoms with Crippen molar-refractivity contribution in [1.29, 1.82) is 0 Å². The van der Waals surface area contributed by atoms with E-state index < -0.39 is 6.04 Å². The highest BCUT2D eigenvalue weighted by Crippen LogP contribution is 2.24. The lowest BCUT2D eigenvalue weighted by molar-refractivity contribution is -0.138. The predicted molar refractivity (Wildman–Crippen MR) is 132 cm³/mol. The number of thioether (sulfide) groups is 1. The summed E-state index contributed by atoms with van der Waals surface area (Å²) < 4.78 is 0. The number of rotatable bonds is 10. The summed E-state index contributed by atoms with van der Waals surface area (Å²) in [4.78, 5) is 27.5. The van der Waals surface area contributed by atoms with Crippen LogP contribution < -0.4 is 5.32 Å². The molecule has 168 valence electrons. The van der Waals surface area contributed by atoms with E-state index >= 15 is 0 Å². The summed E-state index contributed by atoms with van der Waals surface area (Å²) in [5.74, 6) is 0.745. The molecule has 0 bridgehead atoms. The zero-order valence-electron chi connectivity index (χ0n) is 18.5. The molecule has 0 fully saturated rings. The first-order valence-corrected chi connectivity index (χ1v) is 12.3. The zero-order valence-corrected chi connectivity index (χ0v) is 20.8. The first kappa shape index (κ1) is 25.6. The molecule has 0 unspecified atom stereocenters. The molecule has 0 aliphatic rings. The van der Waals surface area contributed by atoms with Crippen molar-refractivity contribution < 1.29 is 9.59 Å². The Hall–Kier alpha value is -1.69. The van der Waals surface area contributed by atoms with Crippen molar-refractivity contribution in [1.82, 2.24) is 10.2 Å². The molecule has 2 aromatic carbocycles. The van der Waals surface area contributed by atoms with Crippen LogP contribution in [-0.2, 0) is 21.9 Å². The average Bonchev–Trinajstić information content (AvgIpc) is 2.73. The van der Waals surface area contributed by atoms with E-state index in [2.05, 4.69) is 24.4 Å². The number of aryl methyl sites for hydroxylation is 1. The van der Waals surface area contributed by atoms with Crippen LogP contribution in [0.4, 0.5) is 0 Å². The van der Waals surface area contributed by atoms with Crippen molar-refractivity contribution in [3.05, 3.63) is 69.2 Å².